The van der Waals surface area contributed by atoms with Crippen LogP contribution in [-0.2, 0) is 6.61 Å². The minimum atomic E-state index is -0.0334. The molecule has 1 aromatic carbocycles. The van der Waals surface area contributed by atoms with E-state index >= 15 is 0 Å². The third-order valence-electron chi connectivity index (χ3n) is 2.03. The fourth-order valence-electron chi connectivity index (χ4n) is 1.45. The molecule has 0 spiro atoms. The van der Waals surface area contributed by atoms with E-state index < -0.39 is 0 Å². The second-order valence-electron chi connectivity index (χ2n) is 2.79. The van der Waals surface area contributed by atoms with E-state index in [0.29, 0.717) is 5.76 Å². The lowest BCUT2D eigenvalue weighted by atomic mass is 10.1. The van der Waals surface area contributed by atoms with Crippen molar-refractivity contribution >= 4 is 10.8 Å². The van der Waals surface area contributed by atoms with Gasteiger partial charge in [-0.15, -0.1) is 0 Å². The first-order valence-corrected chi connectivity index (χ1v) is 3.91. The summed E-state index contributed by atoms with van der Waals surface area (Å²) < 4.78 is 5.36. The van der Waals surface area contributed by atoms with E-state index in [1.807, 2.05) is 31.2 Å². The second kappa shape index (κ2) is 2.64. The smallest absolute Gasteiger partial charge is 0.137 e. The van der Waals surface area contributed by atoms with Gasteiger partial charge in [0.2, 0.25) is 0 Å². The van der Waals surface area contributed by atoms with Crippen molar-refractivity contribution in [3.63, 3.8) is 0 Å². The van der Waals surface area contributed by atoms with E-state index in [-0.39, 0.29) is 6.61 Å². The molecule has 2 nitrogen and oxygen atoms in total. The van der Waals surface area contributed by atoms with Crippen molar-refractivity contribution in [2.45, 2.75) is 13.5 Å². The molecule has 1 aromatic heterocycles. The molecule has 0 unspecified atom stereocenters. The van der Waals surface area contributed by atoms with Gasteiger partial charge in [-0.05, 0) is 6.92 Å². The number of furan rings is 1. The molecule has 0 radical (unpaired) electrons. The van der Waals surface area contributed by atoms with E-state index in [0.717, 1.165) is 16.5 Å². The molecule has 0 atom stereocenters. The average molecular weight is 162 g/mol. The molecule has 2 heteroatoms. The van der Waals surface area contributed by atoms with Crippen LogP contribution in [0.1, 0.15) is 11.5 Å². The van der Waals surface area contributed by atoms with Gasteiger partial charge in [0.25, 0.3) is 0 Å². The number of aryl methyl sites for hydroxylation is 1. The maximum absolute atomic E-state index is 8.96. The van der Waals surface area contributed by atoms with Gasteiger partial charge in [-0.1, -0.05) is 24.3 Å². The second-order valence-corrected chi connectivity index (χ2v) is 2.79. The highest BCUT2D eigenvalue weighted by atomic mass is 16.4. The third kappa shape index (κ3) is 0.924. The van der Waals surface area contributed by atoms with Crippen molar-refractivity contribution in [1.29, 1.82) is 0 Å². The van der Waals surface area contributed by atoms with Gasteiger partial charge in [0, 0.05) is 10.8 Å². The average Bonchev–Trinajstić information content (AvgIpc) is 2.44. The van der Waals surface area contributed by atoms with Gasteiger partial charge < -0.3 is 9.52 Å². The Morgan fingerprint density at radius 2 is 1.92 bits per heavy atom. The monoisotopic (exact) mass is 162 g/mol. The molecular weight excluding hydrogens is 152 g/mol. The summed E-state index contributed by atoms with van der Waals surface area (Å²) >= 11 is 0. The molecule has 0 saturated carbocycles. The SMILES string of the molecule is Cc1oc(CO)c2ccccc12. The number of aliphatic hydroxyl groups is 1. The highest BCUT2D eigenvalue weighted by Gasteiger charge is 2.07. The Hall–Kier alpha value is -1.28. The van der Waals surface area contributed by atoms with Crippen molar-refractivity contribution in [1.82, 2.24) is 0 Å². The van der Waals surface area contributed by atoms with Crippen LogP contribution < -0.4 is 0 Å². The van der Waals surface area contributed by atoms with Gasteiger partial charge in [-0.2, -0.15) is 0 Å². The van der Waals surface area contributed by atoms with Crippen molar-refractivity contribution in [3.8, 4) is 0 Å². The van der Waals surface area contributed by atoms with Crippen LogP contribution in [0.3, 0.4) is 0 Å². The Labute approximate surface area is 70.4 Å². The van der Waals surface area contributed by atoms with Crippen molar-refractivity contribution in [3.05, 3.63) is 35.8 Å². The summed E-state index contributed by atoms with van der Waals surface area (Å²) in [5.74, 6) is 1.53. The Balaban J connectivity index is 2.82. The molecule has 2 aromatic rings. The largest absolute Gasteiger partial charge is 0.463 e. The molecule has 0 saturated heterocycles. The highest BCUT2D eigenvalue weighted by Crippen LogP contribution is 2.24. The van der Waals surface area contributed by atoms with E-state index in [4.69, 9.17) is 9.52 Å². The van der Waals surface area contributed by atoms with Crippen LogP contribution in [0.4, 0.5) is 0 Å². The van der Waals surface area contributed by atoms with Crippen LogP contribution >= 0.6 is 0 Å². The molecule has 12 heavy (non-hydrogen) atoms. The summed E-state index contributed by atoms with van der Waals surface area (Å²) in [6.07, 6.45) is 0. The minimum Gasteiger partial charge on any atom is -0.463 e. The third-order valence-corrected chi connectivity index (χ3v) is 2.03. The van der Waals surface area contributed by atoms with Crippen LogP contribution in [0.5, 0.6) is 0 Å². The van der Waals surface area contributed by atoms with Crippen LogP contribution in [0.25, 0.3) is 10.8 Å². The summed E-state index contributed by atoms with van der Waals surface area (Å²) in [4.78, 5) is 0. The number of rotatable bonds is 1. The molecule has 0 aliphatic heterocycles. The molecule has 0 aliphatic carbocycles. The quantitative estimate of drug-likeness (QED) is 0.697. The van der Waals surface area contributed by atoms with Gasteiger partial charge in [-0.25, -0.2) is 0 Å². The number of fused-ring (bicyclic) bond motifs is 1. The summed E-state index contributed by atoms with van der Waals surface area (Å²) in [6.45, 7) is 1.87. The molecule has 1 heterocycles. The zero-order valence-corrected chi connectivity index (χ0v) is 6.87. The molecule has 0 amide bonds. The fraction of sp³-hybridized carbons (Fsp3) is 0.200. The number of benzene rings is 1. The maximum Gasteiger partial charge on any atom is 0.137 e. The normalized spacial score (nSPS) is 10.8. The molecule has 62 valence electrons. The van der Waals surface area contributed by atoms with Crippen molar-refractivity contribution in [2.75, 3.05) is 0 Å². The highest BCUT2D eigenvalue weighted by molar-refractivity contribution is 5.86. The first-order chi connectivity index (χ1) is 5.83. The van der Waals surface area contributed by atoms with Crippen LogP contribution in [0.2, 0.25) is 0 Å². The zero-order chi connectivity index (χ0) is 8.55. The van der Waals surface area contributed by atoms with E-state index in [9.17, 15) is 0 Å². The van der Waals surface area contributed by atoms with Gasteiger partial charge in [0.1, 0.15) is 18.1 Å². The zero-order valence-electron chi connectivity index (χ0n) is 6.87. The first kappa shape index (κ1) is 7.37. The lowest BCUT2D eigenvalue weighted by Gasteiger charge is -1.88. The maximum atomic E-state index is 8.96. The fourth-order valence-corrected chi connectivity index (χ4v) is 1.45. The van der Waals surface area contributed by atoms with E-state index in [1.54, 1.807) is 0 Å². The number of hydrogen-bond donors (Lipinski definition) is 1. The van der Waals surface area contributed by atoms with E-state index in [1.165, 1.54) is 0 Å². The predicted octanol–water partition coefficient (Wildman–Crippen LogP) is 2.23. The molecule has 1 N–H and O–H groups in total. The summed E-state index contributed by atoms with van der Waals surface area (Å²) in [5, 5.41) is 11.1. The van der Waals surface area contributed by atoms with Crippen LogP contribution in [0, 0.1) is 6.92 Å². The molecule has 0 fully saturated rings. The van der Waals surface area contributed by atoms with Crippen molar-refractivity contribution in [2.24, 2.45) is 0 Å². The molecule has 0 bridgehead atoms. The Bertz CT molecular complexity index is 401. The van der Waals surface area contributed by atoms with Gasteiger partial charge in [0.05, 0.1) is 0 Å². The molecule has 0 aliphatic rings. The minimum absolute atomic E-state index is 0.0334. The summed E-state index contributed by atoms with van der Waals surface area (Å²) in [5.41, 5.74) is 0. The van der Waals surface area contributed by atoms with Gasteiger partial charge >= 0.3 is 0 Å². The Kier molecular flexibility index (Phi) is 1.62. The Morgan fingerprint density at radius 3 is 2.58 bits per heavy atom. The van der Waals surface area contributed by atoms with Crippen LogP contribution in [0.15, 0.2) is 28.7 Å². The predicted molar refractivity (Wildman–Crippen MR) is 46.9 cm³/mol. The number of hydrogen-bond acceptors (Lipinski definition) is 2. The standard InChI is InChI=1S/C10H10O2/c1-7-8-4-2-3-5-9(8)10(6-11)12-7/h2-5,11H,6H2,1H3. The van der Waals surface area contributed by atoms with Crippen molar-refractivity contribution < 1.29 is 9.52 Å². The van der Waals surface area contributed by atoms with Gasteiger partial charge in [-0.3, -0.25) is 0 Å². The van der Waals surface area contributed by atoms with Crippen LogP contribution in [-0.4, -0.2) is 5.11 Å². The first-order valence-electron chi connectivity index (χ1n) is 3.91. The van der Waals surface area contributed by atoms with E-state index in [2.05, 4.69) is 0 Å². The summed E-state index contributed by atoms with van der Waals surface area (Å²) in [6, 6.07) is 7.85. The lowest BCUT2D eigenvalue weighted by molar-refractivity contribution is 0.247. The lowest BCUT2D eigenvalue weighted by Crippen LogP contribution is -1.76. The summed E-state index contributed by atoms with van der Waals surface area (Å²) in [7, 11) is 0. The number of aliphatic hydroxyl groups excluding tert-OH is 1. The Morgan fingerprint density at radius 1 is 1.25 bits per heavy atom. The molecular formula is C10H10O2. The molecule has 2 rings (SSSR count). The van der Waals surface area contributed by atoms with Gasteiger partial charge in [0.15, 0.2) is 0 Å². The topological polar surface area (TPSA) is 33.4 Å².